The topological polar surface area (TPSA) is 84.8 Å². The number of aliphatic hydroxyl groups excluding tert-OH is 3. The predicted octanol–water partition coefficient (Wildman–Crippen LogP) is -1.80. The molecule has 0 aromatic rings. The van der Waals surface area contributed by atoms with Gasteiger partial charge in [0.15, 0.2) is 0 Å². The lowest BCUT2D eigenvalue weighted by Gasteiger charge is -2.15. The molecule has 0 rings (SSSR count). The van der Waals surface area contributed by atoms with Crippen LogP contribution >= 0.6 is 0 Å². The number of hydrogen-bond donors (Lipinski definition) is 5. The quantitative estimate of drug-likeness (QED) is 0.310. The minimum atomic E-state index is -0.619. The molecule has 0 aliphatic heterocycles. The van der Waals surface area contributed by atoms with Crippen molar-refractivity contribution < 1.29 is 15.3 Å². The Bertz CT molecular complexity index is 96.8. The molecule has 5 N–H and O–H groups in total. The van der Waals surface area contributed by atoms with E-state index in [0.29, 0.717) is 13.1 Å². The minimum Gasteiger partial charge on any atom is -0.390 e. The van der Waals surface area contributed by atoms with Gasteiger partial charge in [-0.15, -0.1) is 0 Å². The average Bonchev–Trinajstić information content (AvgIpc) is 1.96. The summed E-state index contributed by atoms with van der Waals surface area (Å²) in [5, 5.41) is 32.1. The Balaban J connectivity index is 3.27. The van der Waals surface area contributed by atoms with Gasteiger partial charge >= 0.3 is 0 Å². The Kier molecular flexibility index (Phi) is 6.23. The molecule has 0 heterocycles. The van der Waals surface area contributed by atoms with E-state index < -0.39 is 18.6 Å². The Morgan fingerprint density at radius 3 is 1.50 bits per heavy atom. The van der Waals surface area contributed by atoms with Crippen LogP contribution in [0.5, 0.6) is 0 Å². The number of aliphatic hydroxyl groups is 3. The van der Waals surface area contributed by atoms with Crippen LogP contribution in [0, 0.1) is 0 Å². The van der Waals surface area contributed by atoms with Gasteiger partial charge in [-0.1, -0.05) is 0 Å². The van der Waals surface area contributed by atoms with Crippen LogP contribution < -0.4 is 10.6 Å². The Labute approximate surface area is 72.4 Å². The second-order valence-electron chi connectivity index (χ2n) is 2.82. The summed E-state index contributed by atoms with van der Waals surface area (Å²) in [5.41, 5.74) is 0. The normalized spacial score (nSPS) is 18.8. The van der Waals surface area contributed by atoms with Crippen molar-refractivity contribution >= 4 is 0 Å². The van der Waals surface area contributed by atoms with Crippen molar-refractivity contribution in [1.29, 1.82) is 0 Å². The molecule has 2 unspecified atom stereocenters. The van der Waals surface area contributed by atoms with Crippen LogP contribution in [-0.4, -0.2) is 47.0 Å². The van der Waals surface area contributed by atoms with Crippen LogP contribution in [0.2, 0.25) is 0 Å². The smallest absolute Gasteiger partial charge is 0.102 e. The molecule has 0 radical (unpaired) electrons. The maximum atomic E-state index is 9.20. The average molecular weight is 178 g/mol. The molecule has 0 aliphatic rings. The van der Waals surface area contributed by atoms with E-state index in [4.69, 9.17) is 10.2 Å². The summed E-state index contributed by atoms with van der Waals surface area (Å²) in [7, 11) is 0. The lowest BCUT2D eigenvalue weighted by molar-refractivity contribution is 0.0924. The second-order valence-corrected chi connectivity index (χ2v) is 2.82. The van der Waals surface area contributed by atoms with E-state index in [-0.39, 0.29) is 0 Å². The van der Waals surface area contributed by atoms with Gasteiger partial charge < -0.3 is 15.3 Å². The molecule has 0 amide bonds. The molecular weight excluding hydrogens is 160 g/mol. The molecule has 74 valence electrons. The fourth-order valence-corrected chi connectivity index (χ4v) is 0.685. The summed E-state index contributed by atoms with van der Waals surface area (Å²) >= 11 is 0. The van der Waals surface area contributed by atoms with Gasteiger partial charge in [-0.25, -0.2) is 0 Å². The van der Waals surface area contributed by atoms with Crippen LogP contribution in [-0.2, 0) is 0 Å². The van der Waals surface area contributed by atoms with E-state index in [2.05, 4.69) is 10.6 Å². The largest absolute Gasteiger partial charge is 0.390 e. The van der Waals surface area contributed by atoms with E-state index in [1.807, 2.05) is 0 Å². The summed E-state index contributed by atoms with van der Waals surface area (Å²) in [6.07, 6.45) is -1.84. The summed E-state index contributed by atoms with van der Waals surface area (Å²) in [6.45, 7) is 3.76. The first-order chi connectivity index (χ1) is 5.52. The van der Waals surface area contributed by atoms with Crippen molar-refractivity contribution in [3.63, 3.8) is 0 Å². The first kappa shape index (κ1) is 11.8. The molecule has 0 spiro atoms. The lowest BCUT2D eigenvalue weighted by atomic mass is 10.3. The maximum Gasteiger partial charge on any atom is 0.102 e. The van der Waals surface area contributed by atoms with Crippen LogP contribution in [0.15, 0.2) is 0 Å². The molecule has 0 saturated heterocycles. The minimum absolute atomic E-state index is 0.303. The molecule has 0 aromatic heterocycles. The van der Waals surface area contributed by atoms with Crippen molar-refractivity contribution in [2.24, 2.45) is 0 Å². The molecule has 12 heavy (non-hydrogen) atoms. The highest BCUT2D eigenvalue weighted by atomic mass is 16.3. The molecule has 2 atom stereocenters. The number of nitrogens with one attached hydrogen (secondary N) is 2. The molecule has 0 saturated carbocycles. The highest BCUT2D eigenvalue weighted by Gasteiger charge is 2.05. The van der Waals surface area contributed by atoms with Crippen molar-refractivity contribution in [3.8, 4) is 0 Å². The summed E-state index contributed by atoms with van der Waals surface area (Å²) in [4.78, 5) is 0. The third kappa shape index (κ3) is 7.90. The second kappa shape index (κ2) is 6.33. The first-order valence-electron chi connectivity index (χ1n) is 4.03. The van der Waals surface area contributed by atoms with E-state index in [1.165, 1.54) is 0 Å². The third-order valence-electron chi connectivity index (χ3n) is 1.30. The molecular formula is C7H18N2O3. The predicted molar refractivity (Wildman–Crippen MR) is 45.4 cm³/mol. The van der Waals surface area contributed by atoms with Crippen LogP contribution in [0.3, 0.4) is 0 Å². The fourth-order valence-electron chi connectivity index (χ4n) is 0.685. The van der Waals surface area contributed by atoms with Crippen LogP contribution in [0.4, 0.5) is 0 Å². The Morgan fingerprint density at radius 1 is 0.917 bits per heavy atom. The van der Waals surface area contributed by atoms with Gasteiger partial charge in [-0.3, -0.25) is 10.6 Å². The first-order valence-corrected chi connectivity index (χ1v) is 4.03. The monoisotopic (exact) mass is 178 g/mol. The zero-order valence-electron chi connectivity index (χ0n) is 7.49. The van der Waals surface area contributed by atoms with E-state index in [0.717, 1.165) is 0 Å². The van der Waals surface area contributed by atoms with E-state index in [9.17, 15) is 5.11 Å². The van der Waals surface area contributed by atoms with Crippen LogP contribution in [0.25, 0.3) is 0 Å². The zero-order valence-corrected chi connectivity index (χ0v) is 7.49. The van der Waals surface area contributed by atoms with Gasteiger partial charge in [0, 0.05) is 13.1 Å². The van der Waals surface area contributed by atoms with Crippen molar-refractivity contribution in [3.05, 3.63) is 0 Å². The number of hydrogen-bond acceptors (Lipinski definition) is 5. The standard InChI is InChI=1S/C7H18N2O3/c1-5(10)8-3-7(12)4-9-6(2)11/h5-12H,3-4H2,1-2H3. The Hall–Kier alpha value is -0.200. The van der Waals surface area contributed by atoms with Gasteiger partial charge in [0.2, 0.25) is 0 Å². The van der Waals surface area contributed by atoms with Gasteiger partial charge in [-0.05, 0) is 13.8 Å². The molecule has 0 aromatic carbocycles. The van der Waals surface area contributed by atoms with Crippen LogP contribution in [0.1, 0.15) is 13.8 Å². The van der Waals surface area contributed by atoms with Crippen molar-refractivity contribution in [1.82, 2.24) is 10.6 Å². The summed E-state index contributed by atoms with van der Waals surface area (Å²) in [5.74, 6) is 0. The number of rotatable bonds is 6. The van der Waals surface area contributed by atoms with Gasteiger partial charge in [0.05, 0.1) is 6.10 Å². The maximum absolute atomic E-state index is 9.20. The van der Waals surface area contributed by atoms with Gasteiger partial charge in [0.1, 0.15) is 12.5 Å². The zero-order chi connectivity index (χ0) is 9.56. The fraction of sp³-hybridized carbons (Fsp3) is 1.00. The molecule has 5 nitrogen and oxygen atoms in total. The Morgan fingerprint density at radius 2 is 1.25 bits per heavy atom. The highest BCUT2D eigenvalue weighted by molar-refractivity contribution is 4.62. The molecule has 0 aliphatic carbocycles. The van der Waals surface area contributed by atoms with Gasteiger partial charge in [0.25, 0.3) is 0 Å². The van der Waals surface area contributed by atoms with E-state index >= 15 is 0 Å². The third-order valence-corrected chi connectivity index (χ3v) is 1.30. The molecule has 0 bridgehead atoms. The lowest BCUT2D eigenvalue weighted by Crippen LogP contribution is -2.41. The van der Waals surface area contributed by atoms with E-state index in [1.54, 1.807) is 13.8 Å². The SMILES string of the molecule is CC(O)NCC(O)CNC(C)O. The van der Waals surface area contributed by atoms with Crippen molar-refractivity contribution in [2.75, 3.05) is 13.1 Å². The van der Waals surface area contributed by atoms with Gasteiger partial charge in [-0.2, -0.15) is 0 Å². The highest BCUT2D eigenvalue weighted by Crippen LogP contribution is 1.81. The summed E-state index contributed by atoms with van der Waals surface area (Å²) in [6, 6.07) is 0. The van der Waals surface area contributed by atoms with Crippen molar-refractivity contribution in [2.45, 2.75) is 32.4 Å². The summed E-state index contributed by atoms with van der Waals surface area (Å²) < 4.78 is 0. The molecule has 0 fully saturated rings. The molecule has 5 heteroatoms.